The molecule has 0 amide bonds. The molecule has 0 saturated carbocycles. The summed E-state index contributed by atoms with van der Waals surface area (Å²) in [6.45, 7) is 2.15. The maximum Gasteiger partial charge on any atom is 0.303 e. The van der Waals surface area contributed by atoms with Crippen LogP contribution in [0.4, 0.5) is 0 Å². The molecule has 0 heterocycles. The summed E-state index contributed by atoms with van der Waals surface area (Å²) in [6, 6.07) is 0. The van der Waals surface area contributed by atoms with Crippen LogP contribution in [0.1, 0.15) is 77.6 Å². The standard InChI is InChI=1S/C14H28O2S/c1-13(17)11-9-7-5-3-2-4-6-8-10-12-14(15)16/h13,17H,2-12H2,1H3,(H,15,16). The predicted octanol–water partition coefficient (Wildman–Crippen LogP) is 4.68. The maximum absolute atomic E-state index is 10.3. The molecule has 0 aliphatic heterocycles. The van der Waals surface area contributed by atoms with E-state index in [0.717, 1.165) is 12.8 Å². The van der Waals surface area contributed by atoms with Gasteiger partial charge >= 0.3 is 5.97 Å². The summed E-state index contributed by atoms with van der Waals surface area (Å²) in [6.07, 6.45) is 12.6. The van der Waals surface area contributed by atoms with Gasteiger partial charge in [-0.15, -0.1) is 0 Å². The molecule has 0 saturated heterocycles. The van der Waals surface area contributed by atoms with Crippen LogP contribution in [0.2, 0.25) is 0 Å². The lowest BCUT2D eigenvalue weighted by atomic mass is 10.1. The summed E-state index contributed by atoms with van der Waals surface area (Å²) in [5.74, 6) is -0.664. The number of hydrogen-bond acceptors (Lipinski definition) is 2. The highest BCUT2D eigenvalue weighted by Crippen LogP contribution is 2.13. The Hall–Kier alpha value is -0.180. The fourth-order valence-electron chi connectivity index (χ4n) is 1.95. The fourth-order valence-corrected chi connectivity index (χ4v) is 2.14. The molecule has 1 N–H and O–H groups in total. The van der Waals surface area contributed by atoms with Gasteiger partial charge in [-0.2, -0.15) is 12.6 Å². The Morgan fingerprint density at radius 1 is 0.941 bits per heavy atom. The Balaban J connectivity index is 2.96. The first kappa shape index (κ1) is 16.8. The molecule has 1 unspecified atom stereocenters. The maximum atomic E-state index is 10.3. The molecule has 0 aliphatic rings. The summed E-state index contributed by atoms with van der Waals surface area (Å²) >= 11 is 4.36. The van der Waals surface area contributed by atoms with Gasteiger partial charge in [-0.25, -0.2) is 0 Å². The van der Waals surface area contributed by atoms with Gasteiger partial charge in [-0.1, -0.05) is 58.3 Å². The minimum atomic E-state index is -0.664. The second-order valence-electron chi connectivity index (χ2n) is 4.96. The van der Waals surface area contributed by atoms with E-state index in [9.17, 15) is 4.79 Å². The normalized spacial score (nSPS) is 12.6. The second kappa shape index (κ2) is 12.3. The van der Waals surface area contributed by atoms with Gasteiger partial charge < -0.3 is 5.11 Å². The van der Waals surface area contributed by atoms with Crippen molar-refractivity contribution in [3.8, 4) is 0 Å². The van der Waals surface area contributed by atoms with E-state index >= 15 is 0 Å². The SMILES string of the molecule is CC(S)CCCCCCCCCCCC(=O)O. The number of carbonyl (C=O) groups is 1. The van der Waals surface area contributed by atoms with E-state index in [-0.39, 0.29) is 0 Å². The van der Waals surface area contributed by atoms with Crippen LogP contribution in [0.5, 0.6) is 0 Å². The molecule has 3 heteroatoms. The zero-order valence-corrected chi connectivity index (χ0v) is 12.1. The van der Waals surface area contributed by atoms with Gasteiger partial charge in [-0.05, 0) is 18.1 Å². The minimum Gasteiger partial charge on any atom is -0.481 e. The number of carboxylic acids is 1. The lowest BCUT2D eigenvalue weighted by Gasteiger charge is -2.04. The van der Waals surface area contributed by atoms with Crippen LogP contribution < -0.4 is 0 Å². The highest BCUT2D eigenvalue weighted by atomic mass is 32.1. The summed E-state index contributed by atoms with van der Waals surface area (Å²) in [5.41, 5.74) is 0. The highest BCUT2D eigenvalue weighted by Gasteiger charge is 1.97. The first-order valence-electron chi connectivity index (χ1n) is 7.03. The zero-order valence-electron chi connectivity index (χ0n) is 11.2. The van der Waals surface area contributed by atoms with Crippen LogP contribution in [0.3, 0.4) is 0 Å². The second-order valence-corrected chi connectivity index (χ2v) is 5.84. The summed E-state index contributed by atoms with van der Waals surface area (Å²) in [5, 5.41) is 9.02. The predicted molar refractivity (Wildman–Crippen MR) is 76.9 cm³/mol. The summed E-state index contributed by atoms with van der Waals surface area (Å²) < 4.78 is 0. The molecule has 0 spiro atoms. The Labute approximate surface area is 112 Å². The van der Waals surface area contributed by atoms with E-state index in [4.69, 9.17) is 5.11 Å². The van der Waals surface area contributed by atoms with Crippen molar-refractivity contribution in [2.45, 2.75) is 82.8 Å². The third-order valence-corrected chi connectivity index (χ3v) is 3.27. The van der Waals surface area contributed by atoms with Crippen LogP contribution in [0.25, 0.3) is 0 Å². The number of hydrogen-bond donors (Lipinski definition) is 2. The van der Waals surface area contributed by atoms with Gasteiger partial charge in [0, 0.05) is 6.42 Å². The molecule has 0 fully saturated rings. The topological polar surface area (TPSA) is 37.3 Å². The van der Waals surface area contributed by atoms with Crippen molar-refractivity contribution in [1.29, 1.82) is 0 Å². The average Bonchev–Trinajstić information content (AvgIpc) is 2.25. The molecule has 0 aromatic carbocycles. The third kappa shape index (κ3) is 15.8. The molecule has 0 aromatic heterocycles. The third-order valence-electron chi connectivity index (χ3n) is 3.01. The van der Waals surface area contributed by atoms with Crippen molar-refractivity contribution < 1.29 is 9.90 Å². The summed E-state index contributed by atoms with van der Waals surface area (Å²) in [4.78, 5) is 10.3. The van der Waals surface area contributed by atoms with Gasteiger partial charge in [0.15, 0.2) is 0 Å². The van der Waals surface area contributed by atoms with Gasteiger partial charge in [0.25, 0.3) is 0 Å². The van der Waals surface area contributed by atoms with E-state index in [1.807, 2.05) is 0 Å². The molecular weight excluding hydrogens is 232 g/mol. The van der Waals surface area contributed by atoms with Crippen molar-refractivity contribution in [1.82, 2.24) is 0 Å². The number of rotatable bonds is 12. The van der Waals surface area contributed by atoms with Crippen LogP contribution >= 0.6 is 12.6 Å². The van der Waals surface area contributed by atoms with Crippen LogP contribution in [-0.4, -0.2) is 16.3 Å². The van der Waals surface area contributed by atoms with Gasteiger partial charge in [0.2, 0.25) is 0 Å². The van der Waals surface area contributed by atoms with Crippen LogP contribution in [0.15, 0.2) is 0 Å². The number of carboxylic acid groups (broad SMARTS) is 1. The van der Waals surface area contributed by atoms with E-state index in [1.165, 1.54) is 51.4 Å². The van der Waals surface area contributed by atoms with E-state index < -0.39 is 5.97 Å². The molecule has 0 rings (SSSR count). The molecule has 1 atom stereocenters. The Bertz CT molecular complexity index is 181. The first-order valence-corrected chi connectivity index (χ1v) is 7.54. The van der Waals surface area contributed by atoms with Crippen molar-refractivity contribution in [2.75, 3.05) is 0 Å². The molecule has 0 radical (unpaired) electrons. The van der Waals surface area contributed by atoms with Gasteiger partial charge in [0.1, 0.15) is 0 Å². The monoisotopic (exact) mass is 260 g/mol. The molecule has 0 bridgehead atoms. The first-order chi connectivity index (χ1) is 8.13. The number of thiol groups is 1. The van der Waals surface area contributed by atoms with E-state index in [0.29, 0.717) is 11.7 Å². The van der Waals surface area contributed by atoms with Crippen molar-refractivity contribution in [3.05, 3.63) is 0 Å². The number of unbranched alkanes of at least 4 members (excludes halogenated alkanes) is 8. The fraction of sp³-hybridized carbons (Fsp3) is 0.929. The lowest BCUT2D eigenvalue weighted by Crippen LogP contribution is -1.93. The smallest absolute Gasteiger partial charge is 0.303 e. The van der Waals surface area contributed by atoms with Crippen molar-refractivity contribution in [2.24, 2.45) is 0 Å². The molecule has 17 heavy (non-hydrogen) atoms. The Morgan fingerprint density at radius 3 is 1.76 bits per heavy atom. The van der Waals surface area contributed by atoms with Crippen molar-refractivity contribution >= 4 is 18.6 Å². The van der Waals surface area contributed by atoms with E-state index in [2.05, 4.69) is 19.6 Å². The quantitative estimate of drug-likeness (QED) is 0.395. The lowest BCUT2D eigenvalue weighted by molar-refractivity contribution is -0.137. The Morgan fingerprint density at radius 2 is 1.35 bits per heavy atom. The molecule has 0 aromatic rings. The van der Waals surface area contributed by atoms with Gasteiger partial charge in [0.05, 0.1) is 0 Å². The largest absolute Gasteiger partial charge is 0.481 e. The summed E-state index contributed by atoms with van der Waals surface area (Å²) in [7, 11) is 0. The van der Waals surface area contributed by atoms with Gasteiger partial charge in [-0.3, -0.25) is 4.79 Å². The zero-order chi connectivity index (χ0) is 12.9. The molecule has 0 aliphatic carbocycles. The van der Waals surface area contributed by atoms with Crippen LogP contribution in [-0.2, 0) is 4.79 Å². The Kier molecular flexibility index (Phi) is 12.2. The van der Waals surface area contributed by atoms with Crippen LogP contribution in [0, 0.1) is 0 Å². The minimum absolute atomic E-state index is 0.335. The highest BCUT2D eigenvalue weighted by molar-refractivity contribution is 7.80. The number of aliphatic carboxylic acids is 1. The molecule has 2 nitrogen and oxygen atoms in total. The molecular formula is C14H28O2S. The average molecular weight is 260 g/mol. The van der Waals surface area contributed by atoms with E-state index in [1.54, 1.807) is 0 Å². The molecule has 102 valence electrons. The van der Waals surface area contributed by atoms with Crippen molar-refractivity contribution in [3.63, 3.8) is 0 Å².